The van der Waals surface area contributed by atoms with Crippen molar-refractivity contribution in [2.45, 2.75) is 50.9 Å². The highest BCUT2D eigenvalue weighted by Gasteiger charge is 2.50. The molecule has 0 amide bonds. The molecule has 2 atom stereocenters. The Morgan fingerprint density at radius 2 is 1.58 bits per heavy atom. The number of ether oxygens (including phenoxy) is 1. The lowest BCUT2D eigenvalue weighted by molar-refractivity contribution is -0.0248. The van der Waals surface area contributed by atoms with Crippen LogP contribution in [-0.2, 0) is 9.16 Å². The van der Waals surface area contributed by atoms with E-state index in [9.17, 15) is 5.11 Å². The summed E-state index contributed by atoms with van der Waals surface area (Å²) >= 11 is 0. The van der Waals surface area contributed by atoms with Crippen LogP contribution < -0.4 is 10.4 Å². The summed E-state index contributed by atoms with van der Waals surface area (Å²) in [4.78, 5) is 0. The van der Waals surface area contributed by atoms with Crippen LogP contribution in [0.5, 0.6) is 0 Å². The normalized spacial score (nSPS) is 19.5. The summed E-state index contributed by atoms with van der Waals surface area (Å²) in [5.74, 6) is 0. The molecule has 3 nitrogen and oxygen atoms in total. The molecule has 3 rings (SSSR count). The van der Waals surface area contributed by atoms with Gasteiger partial charge in [0.15, 0.2) is 0 Å². The molecule has 2 aromatic carbocycles. The van der Waals surface area contributed by atoms with Crippen molar-refractivity contribution in [2.24, 2.45) is 0 Å². The molecule has 0 spiro atoms. The standard InChI is InChI=1S/C22H30O3Si/c1-22(2,3)26(18-11-6-4-7-12-18,19-13-8-5-9-14-19)25-17-20(23)21-15-10-16-24-21/h4-9,11-14,20-21,23H,10,15-17H2,1-3H3/t20-,21-/m0/s1. The van der Waals surface area contributed by atoms with Gasteiger partial charge in [-0.2, -0.15) is 0 Å². The molecular weight excluding hydrogens is 340 g/mol. The molecule has 0 unspecified atom stereocenters. The SMILES string of the molecule is CC(C)(C)[Si](OC[C@H](O)[C@@H]1CCCO1)(c1ccccc1)c1ccccc1. The molecule has 0 radical (unpaired) electrons. The van der Waals surface area contributed by atoms with Crippen LogP contribution in [0.1, 0.15) is 33.6 Å². The molecule has 0 bridgehead atoms. The molecule has 0 aromatic heterocycles. The summed E-state index contributed by atoms with van der Waals surface area (Å²) in [6.45, 7) is 7.78. The molecule has 2 aromatic rings. The van der Waals surface area contributed by atoms with Crippen molar-refractivity contribution in [3.63, 3.8) is 0 Å². The van der Waals surface area contributed by atoms with E-state index >= 15 is 0 Å². The lowest BCUT2D eigenvalue weighted by Crippen LogP contribution is -2.67. The van der Waals surface area contributed by atoms with Crippen LogP contribution in [0.3, 0.4) is 0 Å². The molecule has 140 valence electrons. The van der Waals surface area contributed by atoms with Crippen LogP contribution >= 0.6 is 0 Å². The highest BCUT2D eigenvalue weighted by molar-refractivity contribution is 6.99. The summed E-state index contributed by atoms with van der Waals surface area (Å²) in [7, 11) is -2.58. The highest BCUT2D eigenvalue weighted by atomic mass is 28.4. The van der Waals surface area contributed by atoms with Gasteiger partial charge < -0.3 is 14.3 Å². The summed E-state index contributed by atoms with van der Waals surface area (Å²) in [5, 5.41) is 13.0. The van der Waals surface area contributed by atoms with Gasteiger partial charge in [-0.05, 0) is 28.3 Å². The van der Waals surface area contributed by atoms with E-state index < -0.39 is 14.4 Å². The third kappa shape index (κ3) is 3.79. The van der Waals surface area contributed by atoms with Gasteiger partial charge in [0.05, 0.1) is 12.7 Å². The fourth-order valence-corrected chi connectivity index (χ4v) is 8.56. The zero-order valence-corrected chi connectivity index (χ0v) is 17.0. The first kappa shape index (κ1) is 19.3. The van der Waals surface area contributed by atoms with Gasteiger partial charge in [0.1, 0.15) is 6.10 Å². The first-order chi connectivity index (χ1) is 12.4. The predicted molar refractivity (Wildman–Crippen MR) is 109 cm³/mol. The van der Waals surface area contributed by atoms with Gasteiger partial charge in [0.25, 0.3) is 8.32 Å². The fourth-order valence-electron chi connectivity index (χ4n) is 3.99. The van der Waals surface area contributed by atoms with Gasteiger partial charge >= 0.3 is 0 Å². The molecular formula is C22H30O3Si. The van der Waals surface area contributed by atoms with Gasteiger partial charge in [-0.3, -0.25) is 0 Å². The van der Waals surface area contributed by atoms with Crippen molar-refractivity contribution < 1.29 is 14.3 Å². The summed E-state index contributed by atoms with van der Waals surface area (Å²) in [6, 6.07) is 21.1. The third-order valence-corrected chi connectivity index (χ3v) is 10.3. The Bertz CT molecular complexity index is 636. The summed E-state index contributed by atoms with van der Waals surface area (Å²) < 4.78 is 12.4. The van der Waals surface area contributed by atoms with Crippen LogP contribution in [0, 0.1) is 0 Å². The average Bonchev–Trinajstić information content (AvgIpc) is 3.17. The van der Waals surface area contributed by atoms with Crippen LogP contribution in [0.2, 0.25) is 5.04 Å². The van der Waals surface area contributed by atoms with Crippen molar-refractivity contribution in [3.8, 4) is 0 Å². The second-order valence-electron chi connectivity index (χ2n) is 8.09. The Kier molecular flexibility index (Phi) is 5.98. The van der Waals surface area contributed by atoms with Crippen molar-refractivity contribution >= 4 is 18.7 Å². The number of benzene rings is 2. The van der Waals surface area contributed by atoms with E-state index in [-0.39, 0.29) is 11.1 Å². The Labute approximate surface area is 158 Å². The molecule has 0 aliphatic carbocycles. The van der Waals surface area contributed by atoms with Gasteiger partial charge in [-0.25, -0.2) is 0 Å². The number of aliphatic hydroxyl groups is 1. The van der Waals surface area contributed by atoms with E-state index in [0.29, 0.717) is 6.61 Å². The fraction of sp³-hybridized carbons (Fsp3) is 0.455. The first-order valence-corrected chi connectivity index (χ1v) is 11.4. The third-order valence-electron chi connectivity index (χ3n) is 5.28. The van der Waals surface area contributed by atoms with E-state index in [1.165, 1.54) is 10.4 Å². The lowest BCUT2D eigenvalue weighted by Gasteiger charge is -2.43. The minimum Gasteiger partial charge on any atom is -0.405 e. The van der Waals surface area contributed by atoms with E-state index in [1.807, 2.05) is 12.1 Å². The zero-order chi connectivity index (χ0) is 18.6. The molecule has 1 aliphatic heterocycles. The molecule has 26 heavy (non-hydrogen) atoms. The molecule has 4 heteroatoms. The van der Waals surface area contributed by atoms with E-state index in [1.54, 1.807) is 0 Å². The Morgan fingerprint density at radius 1 is 1.04 bits per heavy atom. The first-order valence-electron chi connectivity index (χ1n) is 9.50. The monoisotopic (exact) mass is 370 g/mol. The second-order valence-corrected chi connectivity index (χ2v) is 12.4. The highest BCUT2D eigenvalue weighted by Crippen LogP contribution is 2.37. The summed E-state index contributed by atoms with van der Waals surface area (Å²) in [6.07, 6.45) is 1.24. The van der Waals surface area contributed by atoms with Gasteiger partial charge in [-0.1, -0.05) is 81.4 Å². The second kappa shape index (κ2) is 8.05. The zero-order valence-electron chi connectivity index (χ0n) is 16.0. The van der Waals surface area contributed by atoms with Crippen LogP contribution in [-0.4, -0.2) is 38.8 Å². The molecule has 1 aliphatic rings. The Hall–Kier alpha value is -1.46. The van der Waals surface area contributed by atoms with Gasteiger partial charge in [0.2, 0.25) is 0 Å². The molecule has 1 fully saturated rings. The maximum Gasteiger partial charge on any atom is 0.261 e. The van der Waals surface area contributed by atoms with Crippen LogP contribution in [0.4, 0.5) is 0 Å². The topological polar surface area (TPSA) is 38.7 Å². The predicted octanol–water partition coefficient (Wildman–Crippen LogP) is 3.10. The number of hydrogen-bond acceptors (Lipinski definition) is 3. The van der Waals surface area contributed by atoms with E-state index in [2.05, 4.69) is 69.3 Å². The van der Waals surface area contributed by atoms with Crippen molar-refractivity contribution in [1.29, 1.82) is 0 Å². The quantitative estimate of drug-likeness (QED) is 0.794. The lowest BCUT2D eigenvalue weighted by atomic mass is 10.1. The number of rotatable bonds is 6. The number of aliphatic hydroxyl groups excluding tert-OH is 1. The van der Waals surface area contributed by atoms with Crippen molar-refractivity contribution in [2.75, 3.05) is 13.2 Å². The minimum absolute atomic E-state index is 0.0774. The maximum atomic E-state index is 10.6. The average molecular weight is 371 g/mol. The Balaban J connectivity index is 2.00. The van der Waals surface area contributed by atoms with Gasteiger partial charge in [-0.15, -0.1) is 0 Å². The largest absolute Gasteiger partial charge is 0.405 e. The molecule has 1 saturated heterocycles. The molecule has 1 heterocycles. The molecule has 0 saturated carbocycles. The van der Waals surface area contributed by atoms with Gasteiger partial charge in [0, 0.05) is 6.61 Å². The summed E-state index contributed by atoms with van der Waals surface area (Å²) in [5.41, 5.74) is 0. The smallest absolute Gasteiger partial charge is 0.261 e. The van der Waals surface area contributed by atoms with Crippen LogP contribution in [0.25, 0.3) is 0 Å². The maximum absolute atomic E-state index is 10.6. The number of hydrogen-bond donors (Lipinski definition) is 1. The Morgan fingerprint density at radius 3 is 2.00 bits per heavy atom. The van der Waals surface area contributed by atoms with Crippen molar-refractivity contribution in [3.05, 3.63) is 60.7 Å². The van der Waals surface area contributed by atoms with Crippen LogP contribution in [0.15, 0.2) is 60.7 Å². The van der Waals surface area contributed by atoms with E-state index in [4.69, 9.17) is 9.16 Å². The van der Waals surface area contributed by atoms with E-state index in [0.717, 1.165) is 19.4 Å². The van der Waals surface area contributed by atoms with Crippen molar-refractivity contribution in [1.82, 2.24) is 0 Å². The minimum atomic E-state index is -2.58. The molecule has 1 N–H and O–H groups in total.